The normalized spacial score (nSPS) is 18.3. The van der Waals surface area contributed by atoms with Crippen molar-refractivity contribution in [1.29, 1.82) is 0 Å². The quantitative estimate of drug-likeness (QED) is 0.270. The van der Waals surface area contributed by atoms with Gasteiger partial charge in [-0.1, -0.05) is 11.8 Å². The van der Waals surface area contributed by atoms with Crippen LogP contribution in [-0.4, -0.2) is 48.4 Å². The van der Waals surface area contributed by atoms with Crippen LogP contribution in [0.1, 0.15) is 30.6 Å². The molecule has 2 aromatic rings. The number of carbonyl (C=O) groups is 2. The molecule has 12 heteroatoms. The third kappa shape index (κ3) is 8.13. The van der Waals surface area contributed by atoms with E-state index in [9.17, 15) is 14.5 Å². The van der Waals surface area contributed by atoms with Gasteiger partial charge in [0.15, 0.2) is 0 Å². The number of ether oxygens (including phenoxy) is 2. The first kappa shape index (κ1) is 27.8. The number of hydrogen-bond donors (Lipinski definition) is 2. The number of amides is 2. The molecule has 192 valence electrons. The molecule has 0 radical (unpaired) electrons. The Labute approximate surface area is 214 Å². The van der Waals surface area contributed by atoms with E-state index in [0.29, 0.717) is 23.6 Å². The Morgan fingerprint density at radius 1 is 1.14 bits per heavy atom. The van der Waals surface area contributed by atoms with Gasteiger partial charge in [-0.3, -0.25) is 14.9 Å². The van der Waals surface area contributed by atoms with E-state index < -0.39 is 25.8 Å². The Hall–Kier alpha value is -1.75. The summed E-state index contributed by atoms with van der Waals surface area (Å²) < 4.78 is 27.7. The van der Waals surface area contributed by atoms with Gasteiger partial charge in [0.1, 0.15) is 0 Å². The van der Waals surface area contributed by atoms with Crippen LogP contribution >= 0.6 is 31.5 Å². The van der Waals surface area contributed by atoms with Gasteiger partial charge in [0.05, 0.1) is 0 Å². The molecule has 2 N–H and O–H groups in total. The van der Waals surface area contributed by atoms with Gasteiger partial charge in [-0.15, -0.1) is 0 Å². The molecular formula is C23H29ClNO8PS. The Morgan fingerprint density at radius 3 is 2.43 bits per heavy atom. The number of imide groups is 1. The van der Waals surface area contributed by atoms with Crippen LogP contribution in [0, 0.1) is 0 Å². The van der Waals surface area contributed by atoms with Crippen LogP contribution in [0.3, 0.4) is 0 Å². The zero-order chi connectivity index (χ0) is 25.4. The van der Waals surface area contributed by atoms with Crippen molar-refractivity contribution in [2.24, 2.45) is 0 Å². The molecule has 1 aliphatic rings. The average molecular weight is 546 g/mol. The first-order chi connectivity index (χ1) is 16.7. The number of rotatable bonds is 13. The summed E-state index contributed by atoms with van der Waals surface area (Å²) in [4.78, 5) is 33.5. The number of halogens is 1. The van der Waals surface area contributed by atoms with Gasteiger partial charge < -0.3 is 0 Å². The van der Waals surface area contributed by atoms with E-state index in [0.717, 1.165) is 22.9 Å². The molecule has 1 aliphatic heterocycles. The summed E-state index contributed by atoms with van der Waals surface area (Å²) in [5, 5.41) is 2.08. The molecule has 3 unspecified atom stereocenters. The van der Waals surface area contributed by atoms with Crippen LogP contribution in [0.2, 0.25) is 5.02 Å². The fraction of sp³-hybridized carbons (Fsp3) is 0.391. The summed E-state index contributed by atoms with van der Waals surface area (Å²) in [5.41, 5.74) is 1.68. The summed E-state index contributed by atoms with van der Waals surface area (Å²) in [7, 11) is -1.21. The van der Waals surface area contributed by atoms with Gasteiger partial charge in [-0.05, 0) is 0 Å². The minimum absolute atomic E-state index is 0.134. The number of benzene rings is 2. The zero-order valence-corrected chi connectivity index (χ0v) is 22.1. The summed E-state index contributed by atoms with van der Waals surface area (Å²) in [6, 6.07) is 14.5. The fourth-order valence-corrected chi connectivity index (χ4v) is 5.26. The number of nitrogens with one attached hydrogen (secondary N) is 1. The second kappa shape index (κ2) is 13.0. The molecule has 0 bridgehead atoms. The van der Waals surface area contributed by atoms with Gasteiger partial charge in [0.2, 0.25) is 5.91 Å². The van der Waals surface area contributed by atoms with Gasteiger partial charge in [0.25, 0.3) is 5.24 Å². The molecule has 9 nitrogen and oxygen atoms in total. The molecule has 0 saturated carbocycles. The van der Waals surface area contributed by atoms with Gasteiger partial charge >= 0.3 is 176 Å². The first-order valence-corrected chi connectivity index (χ1v) is 13.8. The second-order valence-electron chi connectivity index (χ2n) is 7.61. The van der Waals surface area contributed by atoms with Crippen LogP contribution < -0.4 is 10.1 Å². The van der Waals surface area contributed by atoms with E-state index in [2.05, 4.69) is 5.32 Å². The molecule has 2 aromatic carbocycles. The van der Waals surface area contributed by atoms with Crippen molar-refractivity contribution in [1.82, 2.24) is 5.32 Å². The van der Waals surface area contributed by atoms with Gasteiger partial charge in [-0.2, -0.15) is 0 Å². The van der Waals surface area contributed by atoms with Crippen LogP contribution in [0.5, 0.6) is 5.75 Å². The third-order valence-corrected chi connectivity index (χ3v) is 7.99. The molecule has 1 fully saturated rings. The Bertz CT molecular complexity index is 1010. The number of hydrogen-bond acceptors (Lipinski definition) is 9. The molecule has 1 heterocycles. The van der Waals surface area contributed by atoms with E-state index in [-0.39, 0.29) is 17.8 Å². The van der Waals surface area contributed by atoms with Gasteiger partial charge in [-0.25, -0.2) is 0 Å². The van der Waals surface area contributed by atoms with Crippen molar-refractivity contribution in [3.05, 3.63) is 64.7 Å². The molecule has 0 aliphatic carbocycles. The maximum absolute atomic E-state index is 11.8. The van der Waals surface area contributed by atoms with Crippen molar-refractivity contribution in [3.8, 4) is 5.75 Å². The topological polar surface area (TPSA) is 113 Å². The predicted molar refractivity (Wildman–Crippen MR) is 136 cm³/mol. The van der Waals surface area contributed by atoms with Crippen molar-refractivity contribution >= 4 is 42.7 Å². The molecule has 0 aromatic heterocycles. The third-order valence-electron chi connectivity index (χ3n) is 5.18. The Balaban J connectivity index is 1.67. The van der Waals surface area contributed by atoms with E-state index in [4.69, 9.17) is 34.6 Å². The SMILES string of the molecule is CCC(OC(COc1ccc(CC2SC(=O)NC2=O)cc1)c1cccc(Cl)c1)O[PH](O)(OC)OC. The summed E-state index contributed by atoms with van der Waals surface area (Å²) in [6.07, 6.45) is -0.532. The summed E-state index contributed by atoms with van der Waals surface area (Å²) in [5.74, 6) is 0.323. The molecule has 3 rings (SSSR count). The Kier molecular flexibility index (Phi) is 10.3. The Morgan fingerprint density at radius 2 is 1.86 bits per heavy atom. The summed E-state index contributed by atoms with van der Waals surface area (Å²) in [6.45, 7) is 1.98. The zero-order valence-electron chi connectivity index (χ0n) is 19.6. The van der Waals surface area contributed by atoms with Crippen molar-refractivity contribution in [2.45, 2.75) is 37.4 Å². The van der Waals surface area contributed by atoms with Crippen LogP contribution in [0.4, 0.5) is 4.79 Å². The van der Waals surface area contributed by atoms with E-state index >= 15 is 0 Å². The molecule has 3 atom stereocenters. The molecule has 35 heavy (non-hydrogen) atoms. The monoisotopic (exact) mass is 545 g/mol. The molecule has 2 amide bonds. The van der Waals surface area contributed by atoms with Gasteiger partial charge in [0, 0.05) is 0 Å². The number of carbonyl (C=O) groups excluding carboxylic acids is 2. The number of thioether (sulfide) groups is 1. The summed E-state index contributed by atoms with van der Waals surface area (Å²) >= 11 is 7.18. The molecule has 1 saturated heterocycles. The van der Waals surface area contributed by atoms with E-state index in [1.165, 1.54) is 14.2 Å². The van der Waals surface area contributed by atoms with Crippen LogP contribution in [-0.2, 0) is 29.5 Å². The van der Waals surface area contributed by atoms with Crippen molar-refractivity contribution in [2.75, 3.05) is 20.8 Å². The van der Waals surface area contributed by atoms with E-state index in [1.807, 2.05) is 31.2 Å². The molecule has 0 spiro atoms. The van der Waals surface area contributed by atoms with Crippen molar-refractivity contribution < 1.29 is 37.5 Å². The van der Waals surface area contributed by atoms with E-state index in [1.54, 1.807) is 24.3 Å². The van der Waals surface area contributed by atoms with Crippen LogP contribution in [0.25, 0.3) is 0 Å². The standard InChI is InChI=1S/C23H29ClNO8PS/c1-4-21(33-34(28,29-2)30-3)32-19(16-6-5-7-17(24)13-16)14-31-18-10-8-15(9-11-18)12-20-22(26)25-23(27)35-20/h5-11,13,19-21,28,34H,4,12,14H2,1-3H3,(H,25,26,27). The second-order valence-corrected chi connectivity index (χ2v) is 11.3. The maximum atomic E-state index is 11.8. The molecular weight excluding hydrogens is 517 g/mol. The first-order valence-electron chi connectivity index (χ1n) is 10.9. The fourth-order valence-electron chi connectivity index (χ4n) is 3.29. The average Bonchev–Trinajstić information content (AvgIpc) is 3.17. The van der Waals surface area contributed by atoms with Crippen molar-refractivity contribution in [3.63, 3.8) is 0 Å². The minimum atomic E-state index is -3.82. The predicted octanol–water partition coefficient (Wildman–Crippen LogP) is 4.82. The van der Waals surface area contributed by atoms with Crippen LogP contribution in [0.15, 0.2) is 48.5 Å².